The number of carbonyl (C=O) groups excluding carboxylic acids is 3. The number of hydrogen-bond donors (Lipinski definition) is 2. The smallest absolute Gasteiger partial charge is 0.248 e. The van der Waals surface area contributed by atoms with Gasteiger partial charge in [0.1, 0.15) is 6.04 Å². The molecule has 1 saturated heterocycles. The zero-order valence-corrected chi connectivity index (χ0v) is 17.1. The van der Waals surface area contributed by atoms with Gasteiger partial charge in [0, 0.05) is 18.9 Å². The Hall–Kier alpha value is -2.55. The Balaban J connectivity index is 1.50. The van der Waals surface area contributed by atoms with Gasteiger partial charge in [-0.3, -0.25) is 24.6 Å². The monoisotopic (exact) mass is 415 g/mol. The van der Waals surface area contributed by atoms with Crippen LogP contribution in [0.15, 0.2) is 18.6 Å². The first-order valence-electron chi connectivity index (χ1n) is 10.8. The Bertz CT molecular complexity index is 779. The van der Waals surface area contributed by atoms with Gasteiger partial charge in [0.25, 0.3) is 0 Å². The number of hydroxylamine groups is 2. The quantitative estimate of drug-likeness (QED) is 0.380. The van der Waals surface area contributed by atoms with E-state index in [0.717, 1.165) is 38.5 Å². The molecule has 3 aliphatic rings. The van der Waals surface area contributed by atoms with E-state index in [9.17, 15) is 19.6 Å². The van der Waals surface area contributed by atoms with Gasteiger partial charge in [-0.25, -0.2) is 10.0 Å². The second kappa shape index (κ2) is 8.67. The minimum absolute atomic E-state index is 0.0293. The fourth-order valence-electron chi connectivity index (χ4n) is 5.04. The number of hydrogen-bond acceptors (Lipinski definition) is 6. The summed E-state index contributed by atoms with van der Waals surface area (Å²) >= 11 is 0. The highest BCUT2D eigenvalue weighted by atomic mass is 16.5. The summed E-state index contributed by atoms with van der Waals surface area (Å²) in [6.07, 6.45) is 12.6. The molecule has 2 N–H and O–H groups in total. The van der Waals surface area contributed by atoms with E-state index in [1.165, 1.54) is 18.6 Å². The molecule has 9 heteroatoms. The molecule has 1 aromatic heterocycles. The second-order valence-electron chi connectivity index (χ2n) is 9.08. The van der Waals surface area contributed by atoms with Crippen LogP contribution in [0.3, 0.4) is 0 Å². The van der Waals surface area contributed by atoms with E-state index >= 15 is 0 Å². The molecule has 2 atom stereocenters. The summed E-state index contributed by atoms with van der Waals surface area (Å²) in [4.78, 5) is 47.2. The molecule has 4 rings (SSSR count). The lowest BCUT2D eigenvalue weighted by Crippen LogP contribution is -2.48. The first-order valence-corrected chi connectivity index (χ1v) is 10.8. The molecule has 2 aliphatic carbocycles. The maximum Gasteiger partial charge on any atom is 0.248 e. The van der Waals surface area contributed by atoms with Crippen molar-refractivity contribution in [1.82, 2.24) is 19.9 Å². The molecule has 1 spiro atoms. The van der Waals surface area contributed by atoms with Gasteiger partial charge < -0.3 is 10.2 Å². The largest absolute Gasteiger partial charge is 0.330 e. The number of likely N-dealkylation sites (tertiary alicyclic amines) is 1. The van der Waals surface area contributed by atoms with Crippen molar-refractivity contribution in [2.75, 3.05) is 18.4 Å². The molecule has 9 nitrogen and oxygen atoms in total. The van der Waals surface area contributed by atoms with E-state index < -0.39 is 12.0 Å². The third-order valence-corrected chi connectivity index (χ3v) is 6.84. The fourth-order valence-corrected chi connectivity index (χ4v) is 5.04. The average Bonchev–Trinajstić information content (AvgIpc) is 3.13. The molecule has 2 saturated carbocycles. The SMILES string of the molecule is O=CN(O)CC(CC1CCCC1)C(=O)N1CC2(CC2)C[C@H]1C(=O)Nc1cnccn1. The van der Waals surface area contributed by atoms with E-state index in [4.69, 9.17) is 0 Å². The summed E-state index contributed by atoms with van der Waals surface area (Å²) in [6.45, 7) is 0.513. The first-order chi connectivity index (χ1) is 14.5. The van der Waals surface area contributed by atoms with Gasteiger partial charge in [0.05, 0.1) is 18.7 Å². The summed E-state index contributed by atoms with van der Waals surface area (Å²) in [7, 11) is 0. The van der Waals surface area contributed by atoms with Crippen LogP contribution in [0.2, 0.25) is 0 Å². The predicted octanol–water partition coefficient (Wildman–Crippen LogP) is 1.84. The van der Waals surface area contributed by atoms with Crippen LogP contribution in [0.25, 0.3) is 0 Å². The highest BCUT2D eigenvalue weighted by Gasteiger charge is 2.55. The van der Waals surface area contributed by atoms with Crippen molar-refractivity contribution >= 4 is 24.0 Å². The molecule has 1 aliphatic heterocycles. The van der Waals surface area contributed by atoms with E-state index in [-0.39, 0.29) is 23.8 Å². The van der Waals surface area contributed by atoms with Gasteiger partial charge in [-0.15, -0.1) is 0 Å². The molecule has 0 aromatic carbocycles. The van der Waals surface area contributed by atoms with Gasteiger partial charge >= 0.3 is 0 Å². The van der Waals surface area contributed by atoms with Crippen LogP contribution in [0.5, 0.6) is 0 Å². The topological polar surface area (TPSA) is 116 Å². The van der Waals surface area contributed by atoms with Gasteiger partial charge in [-0.2, -0.15) is 0 Å². The molecule has 3 fully saturated rings. The maximum absolute atomic E-state index is 13.5. The van der Waals surface area contributed by atoms with Crippen molar-refractivity contribution in [2.45, 2.75) is 57.4 Å². The van der Waals surface area contributed by atoms with Gasteiger partial charge in [-0.05, 0) is 37.0 Å². The van der Waals surface area contributed by atoms with Crippen LogP contribution < -0.4 is 5.32 Å². The first kappa shape index (κ1) is 20.7. The summed E-state index contributed by atoms with van der Waals surface area (Å²) in [5.41, 5.74) is 0.0293. The molecular formula is C21H29N5O4. The van der Waals surface area contributed by atoms with Gasteiger partial charge in [-0.1, -0.05) is 25.7 Å². The minimum Gasteiger partial charge on any atom is -0.330 e. The number of nitrogens with one attached hydrogen (secondary N) is 1. The van der Waals surface area contributed by atoms with Crippen LogP contribution in [0.4, 0.5) is 5.82 Å². The molecule has 0 bridgehead atoms. The molecule has 30 heavy (non-hydrogen) atoms. The highest BCUT2D eigenvalue weighted by molar-refractivity contribution is 5.97. The Morgan fingerprint density at radius 3 is 2.73 bits per heavy atom. The number of anilines is 1. The zero-order chi connectivity index (χ0) is 21.1. The standard InChI is InChI=1S/C21H29N5O4/c27-14-25(30)12-16(9-15-3-1-2-4-15)20(29)26-13-21(5-6-21)10-17(26)19(28)24-18-11-22-7-8-23-18/h7-8,11,14-17,30H,1-6,9-10,12-13H2,(H,23,24,28)/t16?,17-/m0/s1. The Kier molecular flexibility index (Phi) is 5.99. The van der Waals surface area contributed by atoms with Crippen molar-refractivity contribution in [3.63, 3.8) is 0 Å². The van der Waals surface area contributed by atoms with Crippen LogP contribution >= 0.6 is 0 Å². The number of nitrogens with zero attached hydrogens (tertiary/aromatic N) is 4. The molecule has 2 heterocycles. The average molecular weight is 415 g/mol. The minimum atomic E-state index is -0.573. The molecule has 3 amide bonds. The Morgan fingerprint density at radius 2 is 2.10 bits per heavy atom. The normalized spacial score (nSPS) is 23.4. The van der Waals surface area contributed by atoms with E-state index in [2.05, 4.69) is 15.3 Å². The molecule has 1 aromatic rings. The Morgan fingerprint density at radius 1 is 1.33 bits per heavy atom. The molecular weight excluding hydrogens is 386 g/mol. The van der Waals surface area contributed by atoms with Crippen LogP contribution in [-0.2, 0) is 14.4 Å². The summed E-state index contributed by atoms with van der Waals surface area (Å²) in [6, 6.07) is -0.573. The fraction of sp³-hybridized carbons (Fsp3) is 0.667. The van der Waals surface area contributed by atoms with Crippen LogP contribution in [0.1, 0.15) is 51.4 Å². The number of amides is 3. The van der Waals surface area contributed by atoms with Crippen molar-refractivity contribution in [3.8, 4) is 0 Å². The lowest BCUT2D eigenvalue weighted by Gasteiger charge is -2.30. The summed E-state index contributed by atoms with van der Waals surface area (Å²) in [5, 5.41) is 13.1. The van der Waals surface area contributed by atoms with Crippen molar-refractivity contribution in [2.24, 2.45) is 17.3 Å². The highest BCUT2D eigenvalue weighted by Crippen LogP contribution is 2.55. The van der Waals surface area contributed by atoms with E-state index in [1.54, 1.807) is 4.90 Å². The summed E-state index contributed by atoms with van der Waals surface area (Å²) in [5.74, 6) is -0.140. The van der Waals surface area contributed by atoms with Crippen molar-refractivity contribution in [1.29, 1.82) is 0 Å². The van der Waals surface area contributed by atoms with E-state index in [1.807, 2.05) is 0 Å². The van der Waals surface area contributed by atoms with Crippen molar-refractivity contribution < 1.29 is 19.6 Å². The van der Waals surface area contributed by atoms with Crippen molar-refractivity contribution in [3.05, 3.63) is 18.6 Å². The van der Waals surface area contributed by atoms with Crippen LogP contribution in [-0.4, -0.2) is 62.5 Å². The third kappa shape index (κ3) is 4.61. The maximum atomic E-state index is 13.5. The lowest BCUT2D eigenvalue weighted by atomic mass is 9.91. The van der Waals surface area contributed by atoms with Gasteiger partial charge in [0.2, 0.25) is 18.2 Å². The molecule has 1 unspecified atom stereocenters. The van der Waals surface area contributed by atoms with Crippen LogP contribution in [0, 0.1) is 17.3 Å². The zero-order valence-electron chi connectivity index (χ0n) is 17.1. The predicted molar refractivity (Wildman–Crippen MR) is 107 cm³/mol. The number of carbonyl (C=O) groups is 3. The third-order valence-electron chi connectivity index (χ3n) is 6.84. The second-order valence-corrected chi connectivity index (χ2v) is 9.08. The molecule has 162 valence electrons. The van der Waals surface area contributed by atoms with E-state index in [0.29, 0.717) is 42.6 Å². The van der Waals surface area contributed by atoms with Gasteiger partial charge in [0.15, 0.2) is 5.82 Å². The molecule has 0 radical (unpaired) electrons. The number of rotatable bonds is 8. The Labute approximate surface area is 175 Å². The lowest BCUT2D eigenvalue weighted by molar-refractivity contribution is -0.158. The number of aromatic nitrogens is 2. The summed E-state index contributed by atoms with van der Waals surface area (Å²) < 4.78 is 0.